The van der Waals surface area contributed by atoms with Crippen LogP contribution in [0.4, 0.5) is 5.82 Å². The van der Waals surface area contributed by atoms with Crippen LogP contribution in [0.1, 0.15) is 32.5 Å². The van der Waals surface area contributed by atoms with E-state index in [2.05, 4.69) is 20.8 Å². The maximum absolute atomic E-state index is 11.9. The van der Waals surface area contributed by atoms with E-state index in [1.165, 1.54) is 0 Å². The number of benzene rings is 1. The van der Waals surface area contributed by atoms with Gasteiger partial charge in [0.1, 0.15) is 18.2 Å². The van der Waals surface area contributed by atoms with E-state index in [1.54, 1.807) is 7.11 Å². The Morgan fingerprint density at radius 3 is 2.72 bits per heavy atom. The molecule has 1 aromatic carbocycles. The SMILES string of the molecule is COCCOc1ccc2c(c1)nc(NCCCCNC(=O)[C@@H](N)C(C)C)c1nnc(C)n12. The van der Waals surface area contributed by atoms with E-state index in [-0.39, 0.29) is 11.8 Å². The van der Waals surface area contributed by atoms with Crippen LogP contribution >= 0.6 is 0 Å². The third kappa shape index (κ3) is 5.63. The zero-order valence-electron chi connectivity index (χ0n) is 19.2. The smallest absolute Gasteiger partial charge is 0.237 e. The highest BCUT2D eigenvalue weighted by atomic mass is 16.5. The average molecular weight is 444 g/mol. The van der Waals surface area contributed by atoms with Crippen molar-refractivity contribution in [1.82, 2.24) is 24.9 Å². The molecule has 0 aliphatic carbocycles. The van der Waals surface area contributed by atoms with Crippen LogP contribution < -0.4 is 21.1 Å². The van der Waals surface area contributed by atoms with E-state index in [1.807, 2.05) is 43.4 Å². The van der Waals surface area contributed by atoms with Crippen LogP contribution in [0.25, 0.3) is 16.7 Å². The normalized spacial score (nSPS) is 12.4. The first-order valence-corrected chi connectivity index (χ1v) is 11.0. The molecule has 3 rings (SSSR count). The Kier molecular flexibility index (Phi) is 8.18. The molecule has 10 heteroatoms. The molecule has 1 amide bonds. The fourth-order valence-electron chi connectivity index (χ4n) is 3.30. The van der Waals surface area contributed by atoms with E-state index in [4.69, 9.17) is 20.2 Å². The molecule has 10 nitrogen and oxygen atoms in total. The van der Waals surface area contributed by atoms with E-state index in [9.17, 15) is 4.79 Å². The summed E-state index contributed by atoms with van der Waals surface area (Å²) in [7, 11) is 1.64. The highest BCUT2D eigenvalue weighted by Gasteiger charge is 2.16. The summed E-state index contributed by atoms with van der Waals surface area (Å²) in [6.07, 6.45) is 1.69. The van der Waals surface area contributed by atoms with E-state index < -0.39 is 6.04 Å². The van der Waals surface area contributed by atoms with Crippen molar-refractivity contribution in [3.8, 4) is 5.75 Å². The van der Waals surface area contributed by atoms with Gasteiger partial charge in [-0.3, -0.25) is 9.20 Å². The number of nitrogens with one attached hydrogen (secondary N) is 2. The second kappa shape index (κ2) is 11.1. The lowest BCUT2D eigenvalue weighted by Crippen LogP contribution is -2.44. The highest BCUT2D eigenvalue weighted by Crippen LogP contribution is 2.25. The number of nitrogens with zero attached hydrogens (tertiary/aromatic N) is 4. The molecule has 3 aromatic rings. The zero-order chi connectivity index (χ0) is 23.1. The number of rotatable bonds is 12. The Morgan fingerprint density at radius 2 is 1.97 bits per heavy atom. The summed E-state index contributed by atoms with van der Waals surface area (Å²) in [5.41, 5.74) is 8.24. The van der Waals surface area contributed by atoms with Crippen molar-refractivity contribution in [3.63, 3.8) is 0 Å². The molecular formula is C22H33N7O3. The van der Waals surface area contributed by atoms with Gasteiger partial charge in [-0.1, -0.05) is 13.8 Å². The van der Waals surface area contributed by atoms with Gasteiger partial charge < -0.3 is 25.8 Å². The number of amides is 1. The van der Waals surface area contributed by atoms with Crippen LogP contribution in [-0.4, -0.2) is 64.9 Å². The summed E-state index contributed by atoms with van der Waals surface area (Å²) in [6, 6.07) is 5.30. The molecule has 0 unspecified atom stereocenters. The summed E-state index contributed by atoms with van der Waals surface area (Å²) in [6.45, 7) is 8.06. The lowest BCUT2D eigenvalue weighted by atomic mass is 10.1. The van der Waals surface area contributed by atoms with Gasteiger partial charge in [-0.25, -0.2) is 4.98 Å². The standard InChI is InChI=1S/C22H33N7O3/c1-14(2)19(23)22(30)25-10-6-5-9-24-20-21-28-27-15(3)29(21)18-8-7-16(13-17(18)26-20)32-12-11-31-4/h7-8,13-14,19H,5-6,9-12,23H2,1-4H3,(H,24,26)(H,25,30)/t19-/m0/s1. The first kappa shape index (κ1) is 23.7. The molecule has 0 fully saturated rings. The number of anilines is 1. The molecule has 0 saturated heterocycles. The number of unbranched alkanes of at least 4 members (excludes halogenated alkanes) is 1. The summed E-state index contributed by atoms with van der Waals surface area (Å²) in [4.78, 5) is 16.7. The van der Waals surface area contributed by atoms with Crippen LogP contribution in [0.3, 0.4) is 0 Å². The molecule has 0 radical (unpaired) electrons. The molecule has 1 atom stereocenters. The Hall–Kier alpha value is -2.98. The first-order valence-electron chi connectivity index (χ1n) is 11.0. The minimum atomic E-state index is -0.470. The molecule has 0 aliphatic rings. The number of ether oxygens (including phenoxy) is 2. The number of fused-ring (bicyclic) bond motifs is 3. The number of aryl methyl sites for hydroxylation is 1. The minimum absolute atomic E-state index is 0.103. The predicted molar refractivity (Wildman–Crippen MR) is 124 cm³/mol. The van der Waals surface area contributed by atoms with Gasteiger partial charge in [-0.2, -0.15) is 0 Å². The van der Waals surface area contributed by atoms with Crippen LogP contribution in [0.2, 0.25) is 0 Å². The number of carbonyl (C=O) groups excluding carboxylic acids is 1. The third-order valence-corrected chi connectivity index (χ3v) is 5.23. The number of methoxy groups -OCH3 is 1. The molecule has 4 N–H and O–H groups in total. The summed E-state index contributed by atoms with van der Waals surface area (Å²) >= 11 is 0. The lowest BCUT2D eigenvalue weighted by Gasteiger charge is -2.15. The number of hydrogen-bond acceptors (Lipinski definition) is 8. The molecule has 0 bridgehead atoms. The van der Waals surface area contributed by atoms with E-state index in [0.29, 0.717) is 37.8 Å². The number of carbonyl (C=O) groups is 1. The largest absolute Gasteiger partial charge is 0.491 e. The van der Waals surface area contributed by atoms with Gasteiger partial charge in [-0.05, 0) is 37.8 Å². The molecule has 174 valence electrons. The van der Waals surface area contributed by atoms with E-state index in [0.717, 1.165) is 35.4 Å². The monoisotopic (exact) mass is 443 g/mol. The van der Waals surface area contributed by atoms with Gasteiger partial charge in [0, 0.05) is 26.3 Å². The van der Waals surface area contributed by atoms with Crippen molar-refractivity contribution in [2.24, 2.45) is 11.7 Å². The van der Waals surface area contributed by atoms with Crippen molar-refractivity contribution >= 4 is 28.4 Å². The van der Waals surface area contributed by atoms with Crippen molar-refractivity contribution in [2.45, 2.75) is 39.7 Å². The minimum Gasteiger partial charge on any atom is -0.491 e. The molecule has 32 heavy (non-hydrogen) atoms. The number of aromatic nitrogens is 4. The van der Waals surface area contributed by atoms with Crippen molar-refractivity contribution < 1.29 is 14.3 Å². The van der Waals surface area contributed by atoms with Gasteiger partial charge in [-0.15, -0.1) is 10.2 Å². The first-order chi connectivity index (χ1) is 15.4. The highest BCUT2D eigenvalue weighted by molar-refractivity contribution is 5.84. The molecule has 0 aliphatic heterocycles. The Labute approximate surface area is 187 Å². The number of hydrogen-bond donors (Lipinski definition) is 3. The Morgan fingerprint density at radius 1 is 1.19 bits per heavy atom. The maximum atomic E-state index is 11.9. The van der Waals surface area contributed by atoms with Crippen molar-refractivity contribution in [3.05, 3.63) is 24.0 Å². The van der Waals surface area contributed by atoms with Gasteiger partial charge in [0.25, 0.3) is 0 Å². The fraction of sp³-hybridized carbons (Fsp3) is 0.545. The maximum Gasteiger partial charge on any atom is 0.237 e. The van der Waals surface area contributed by atoms with Gasteiger partial charge in [0.05, 0.1) is 23.7 Å². The second-order valence-corrected chi connectivity index (χ2v) is 8.05. The van der Waals surface area contributed by atoms with Crippen LogP contribution in [0.15, 0.2) is 18.2 Å². The molecule has 2 aromatic heterocycles. The third-order valence-electron chi connectivity index (χ3n) is 5.23. The lowest BCUT2D eigenvalue weighted by molar-refractivity contribution is -0.123. The summed E-state index contributed by atoms with van der Waals surface area (Å²) < 4.78 is 12.7. The van der Waals surface area contributed by atoms with Crippen LogP contribution in [-0.2, 0) is 9.53 Å². The topological polar surface area (TPSA) is 129 Å². The average Bonchev–Trinajstić information content (AvgIpc) is 3.17. The molecular weight excluding hydrogens is 410 g/mol. The van der Waals surface area contributed by atoms with Crippen molar-refractivity contribution in [2.75, 3.05) is 38.7 Å². The predicted octanol–water partition coefficient (Wildman–Crippen LogP) is 1.90. The van der Waals surface area contributed by atoms with Gasteiger partial charge in [0.2, 0.25) is 11.6 Å². The summed E-state index contributed by atoms with van der Waals surface area (Å²) in [5.74, 6) is 2.20. The van der Waals surface area contributed by atoms with E-state index >= 15 is 0 Å². The fourth-order valence-corrected chi connectivity index (χ4v) is 3.30. The zero-order valence-corrected chi connectivity index (χ0v) is 19.2. The molecule has 0 saturated carbocycles. The van der Waals surface area contributed by atoms with Gasteiger partial charge >= 0.3 is 0 Å². The second-order valence-electron chi connectivity index (χ2n) is 8.05. The number of nitrogens with two attached hydrogens (primary N) is 1. The Bertz CT molecular complexity index is 1050. The van der Waals surface area contributed by atoms with Crippen molar-refractivity contribution in [1.29, 1.82) is 0 Å². The summed E-state index contributed by atoms with van der Waals surface area (Å²) in [5, 5.41) is 14.8. The van der Waals surface area contributed by atoms with Crippen LogP contribution in [0, 0.1) is 12.8 Å². The molecule has 2 heterocycles. The Balaban J connectivity index is 1.64. The van der Waals surface area contributed by atoms with Crippen LogP contribution in [0.5, 0.6) is 5.75 Å². The molecule has 0 spiro atoms. The quantitative estimate of drug-likeness (QED) is 0.362. The van der Waals surface area contributed by atoms with Gasteiger partial charge in [0.15, 0.2) is 5.82 Å².